The monoisotopic (exact) mass is 292 g/mol. The summed E-state index contributed by atoms with van der Waals surface area (Å²) in [5, 5.41) is 0. The van der Waals surface area contributed by atoms with Crippen LogP contribution >= 0.6 is 0 Å². The lowest BCUT2D eigenvalue weighted by Gasteiger charge is -2.26. The van der Waals surface area contributed by atoms with Crippen molar-refractivity contribution in [2.24, 2.45) is 0 Å². The molecule has 4 unspecified atom stereocenters. The van der Waals surface area contributed by atoms with E-state index in [2.05, 4.69) is 0 Å². The molecule has 2 aliphatic rings. The summed E-state index contributed by atoms with van der Waals surface area (Å²) in [5.41, 5.74) is 0. The molecule has 2 heterocycles. The molecule has 0 aromatic carbocycles. The Kier molecular flexibility index (Phi) is 4.45. The fraction of sp³-hybridized carbons (Fsp3) is 0.917. The van der Waals surface area contributed by atoms with E-state index in [0.717, 1.165) is 0 Å². The third-order valence-electron chi connectivity index (χ3n) is 3.24. The van der Waals surface area contributed by atoms with E-state index in [4.69, 9.17) is 33.2 Å². The summed E-state index contributed by atoms with van der Waals surface area (Å²) in [4.78, 5) is 11.2. The largest absolute Gasteiger partial charge is 0.339 e. The number of hydrogen-bond donors (Lipinski definition) is 0. The molecular formula is C12H20O8. The summed E-state index contributed by atoms with van der Waals surface area (Å²) in [6.07, 6.45) is 0.178. The maximum absolute atomic E-state index is 11.2. The lowest BCUT2D eigenvalue weighted by atomic mass is 10.3. The standard InChI is InChI=1S/C12H20O8/c1-10(14-3)16-5-9(19-10)6-17-12(7-13)8-18-11(2,15-4)20-12/h7,9H,5-6,8H2,1-4H3. The molecule has 116 valence electrons. The first-order chi connectivity index (χ1) is 9.38. The second kappa shape index (κ2) is 5.64. The second-order valence-corrected chi connectivity index (χ2v) is 4.82. The van der Waals surface area contributed by atoms with Crippen LogP contribution in [0.4, 0.5) is 0 Å². The van der Waals surface area contributed by atoms with Gasteiger partial charge in [0.1, 0.15) is 12.7 Å². The minimum atomic E-state index is -1.50. The van der Waals surface area contributed by atoms with Crippen LogP contribution in [0, 0.1) is 0 Å². The molecule has 8 nitrogen and oxygen atoms in total. The van der Waals surface area contributed by atoms with Crippen molar-refractivity contribution in [3.05, 3.63) is 0 Å². The van der Waals surface area contributed by atoms with Crippen LogP contribution in [-0.2, 0) is 38.0 Å². The summed E-state index contributed by atoms with van der Waals surface area (Å²) < 4.78 is 37.1. The van der Waals surface area contributed by atoms with E-state index < -0.39 is 17.7 Å². The molecule has 0 N–H and O–H groups in total. The Labute approximate surface area is 117 Å². The van der Waals surface area contributed by atoms with E-state index >= 15 is 0 Å². The molecule has 2 saturated heterocycles. The minimum absolute atomic E-state index is 0.0596. The van der Waals surface area contributed by atoms with Crippen molar-refractivity contribution in [2.75, 3.05) is 34.0 Å². The first kappa shape index (κ1) is 15.8. The van der Waals surface area contributed by atoms with Gasteiger partial charge in [0.2, 0.25) is 0 Å². The molecule has 0 radical (unpaired) electrons. The van der Waals surface area contributed by atoms with Gasteiger partial charge in [-0.05, 0) is 0 Å². The summed E-state index contributed by atoms with van der Waals surface area (Å²) in [6.45, 7) is 3.54. The van der Waals surface area contributed by atoms with E-state index in [9.17, 15) is 4.79 Å². The summed E-state index contributed by atoms with van der Waals surface area (Å²) >= 11 is 0. The van der Waals surface area contributed by atoms with Gasteiger partial charge in [0, 0.05) is 28.1 Å². The first-order valence-electron chi connectivity index (χ1n) is 6.25. The normalized spacial score (nSPS) is 44.9. The van der Waals surface area contributed by atoms with Gasteiger partial charge in [0.25, 0.3) is 17.7 Å². The van der Waals surface area contributed by atoms with Gasteiger partial charge < -0.3 is 28.4 Å². The molecule has 2 aliphatic heterocycles. The van der Waals surface area contributed by atoms with E-state index in [1.165, 1.54) is 14.2 Å². The van der Waals surface area contributed by atoms with Crippen molar-refractivity contribution in [1.29, 1.82) is 0 Å². The number of methoxy groups -OCH3 is 2. The predicted octanol–water partition coefficient (Wildman–Crippen LogP) is 0.000600. The van der Waals surface area contributed by atoms with Gasteiger partial charge in [-0.3, -0.25) is 9.53 Å². The van der Waals surface area contributed by atoms with Gasteiger partial charge in [0.05, 0.1) is 13.2 Å². The number of carbonyl (C=O) groups is 1. The van der Waals surface area contributed by atoms with Crippen molar-refractivity contribution < 1.29 is 38.0 Å². The van der Waals surface area contributed by atoms with E-state index in [1.54, 1.807) is 13.8 Å². The van der Waals surface area contributed by atoms with Gasteiger partial charge in [-0.1, -0.05) is 0 Å². The van der Waals surface area contributed by atoms with Gasteiger partial charge >= 0.3 is 0 Å². The zero-order valence-electron chi connectivity index (χ0n) is 12.0. The summed E-state index contributed by atoms with van der Waals surface area (Å²) in [6, 6.07) is 0. The fourth-order valence-corrected chi connectivity index (χ4v) is 1.91. The molecule has 8 heteroatoms. The Bertz CT molecular complexity index is 363. The highest BCUT2D eigenvalue weighted by Gasteiger charge is 2.51. The summed E-state index contributed by atoms with van der Waals surface area (Å²) in [7, 11) is 2.90. The predicted molar refractivity (Wildman–Crippen MR) is 63.4 cm³/mol. The molecular weight excluding hydrogens is 272 g/mol. The van der Waals surface area contributed by atoms with Crippen LogP contribution in [0.15, 0.2) is 0 Å². The average molecular weight is 292 g/mol. The van der Waals surface area contributed by atoms with E-state index in [1.807, 2.05) is 0 Å². The van der Waals surface area contributed by atoms with Crippen molar-refractivity contribution in [2.45, 2.75) is 37.7 Å². The highest BCUT2D eigenvalue weighted by Crippen LogP contribution is 2.32. The molecule has 0 aromatic heterocycles. The molecule has 0 bridgehead atoms. The highest BCUT2D eigenvalue weighted by atomic mass is 16.9. The van der Waals surface area contributed by atoms with Crippen LogP contribution < -0.4 is 0 Å². The molecule has 4 atom stereocenters. The van der Waals surface area contributed by atoms with Crippen LogP contribution in [0.1, 0.15) is 13.8 Å². The van der Waals surface area contributed by atoms with Gasteiger partial charge in [-0.25, -0.2) is 0 Å². The lowest BCUT2D eigenvalue weighted by Crippen LogP contribution is -2.42. The smallest absolute Gasteiger partial charge is 0.282 e. The van der Waals surface area contributed by atoms with Gasteiger partial charge in [0.15, 0.2) is 6.29 Å². The number of aldehydes is 1. The molecule has 0 aliphatic carbocycles. The molecule has 20 heavy (non-hydrogen) atoms. The fourth-order valence-electron chi connectivity index (χ4n) is 1.91. The summed E-state index contributed by atoms with van der Waals surface area (Å²) in [5.74, 6) is -3.88. The van der Waals surface area contributed by atoms with Crippen molar-refractivity contribution in [3.8, 4) is 0 Å². The third-order valence-corrected chi connectivity index (χ3v) is 3.24. The maximum Gasteiger partial charge on any atom is 0.282 e. The molecule has 0 saturated carbocycles. The van der Waals surface area contributed by atoms with E-state index in [-0.39, 0.29) is 19.3 Å². The molecule has 2 fully saturated rings. The van der Waals surface area contributed by atoms with Crippen LogP contribution in [0.25, 0.3) is 0 Å². The molecule has 2 rings (SSSR count). The zero-order chi connectivity index (χ0) is 14.9. The minimum Gasteiger partial charge on any atom is -0.339 e. The average Bonchev–Trinajstić information content (AvgIpc) is 3.00. The Balaban J connectivity index is 1.88. The van der Waals surface area contributed by atoms with Crippen molar-refractivity contribution >= 4 is 6.29 Å². The van der Waals surface area contributed by atoms with Crippen LogP contribution in [0.3, 0.4) is 0 Å². The topological polar surface area (TPSA) is 81.7 Å². The number of carbonyl (C=O) groups excluding carboxylic acids is 1. The van der Waals surface area contributed by atoms with Crippen LogP contribution in [0.5, 0.6) is 0 Å². The number of hydrogen-bond acceptors (Lipinski definition) is 8. The number of ether oxygens (including phenoxy) is 7. The van der Waals surface area contributed by atoms with E-state index in [0.29, 0.717) is 12.9 Å². The molecule has 0 aromatic rings. The molecule has 0 amide bonds. The number of rotatable bonds is 6. The SMILES string of the molecule is COC1(C)OCC(COC2(C=O)COC(C)(OC)O2)O1. The quantitative estimate of drug-likeness (QED) is 0.633. The van der Waals surface area contributed by atoms with Gasteiger partial charge in [-0.15, -0.1) is 0 Å². The second-order valence-electron chi connectivity index (χ2n) is 4.82. The van der Waals surface area contributed by atoms with Gasteiger partial charge in [-0.2, -0.15) is 0 Å². The molecule has 0 spiro atoms. The Morgan fingerprint density at radius 2 is 1.90 bits per heavy atom. The Morgan fingerprint density at radius 1 is 1.20 bits per heavy atom. The van der Waals surface area contributed by atoms with Crippen LogP contribution in [-0.4, -0.2) is 64.2 Å². The Morgan fingerprint density at radius 3 is 2.40 bits per heavy atom. The van der Waals surface area contributed by atoms with Crippen molar-refractivity contribution in [1.82, 2.24) is 0 Å². The zero-order valence-corrected chi connectivity index (χ0v) is 12.0. The van der Waals surface area contributed by atoms with Crippen LogP contribution in [0.2, 0.25) is 0 Å². The Hall–Kier alpha value is -0.610. The lowest BCUT2D eigenvalue weighted by molar-refractivity contribution is -0.348. The highest BCUT2D eigenvalue weighted by molar-refractivity contribution is 5.60. The first-order valence-corrected chi connectivity index (χ1v) is 6.25. The van der Waals surface area contributed by atoms with Crippen molar-refractivity contribution in [3.63, 3.8) is 0 Å². The maximum atomic E-state index is 11.2. The third kappa shape index (κ3) is 3.17.